The van der Waals surface area contributed by atoms with Gasteiger partial charge in [0, 0.05) is 42.8 Å². The number of nitrogens with zero attached hydrogens (tertiary/aromatic N) is 3. The number of anilines is 1. The Morgan fingerprint density at radius 3 is 2.73 bits per heavy atom. The van der Waals surface area contributed by atoms with Gasteiger partial charge in [-0.15, -0.1) is 0 Å². The zero-order chi connectivity index (χ0) is 18.1. The molecule has 2 aliphatic rings. The summed E-state index contributed by atoms with van der Waals surface area (Å²) in [6, 6.07) is 15.8. The average Bonchev–Trinajstić information content (AvgIpc) is 3.07. The monoisotopic (exact) mass is 417 g/mol. The van der Waals surface area contributed by atoms with Crippen molar-refractivity contribution in [2.75, 3.05) is 31.1 Å². The number of hydrogen-bond acceptors (Lipinski definition) is 5. The van der Waals surface area contributed by atoms with Gasteiger partial charge in [0.15, 0.2) is 0 Å². The average molecular weight is 418 g/mol. The SMILES string of the molecule is O=[N+]([O-])c1ccc(N2CC3OCCN(Cc4ccccc4)C3C2)c(Br)c1. The van der Waals surface area contributed by atoms with E-state index in [1.165, 1.54) is 5.56 Å². The Balaban J connectivity index is 1.51. The van der Waals surface area contributed by atoms with E-state index in [-0.39, 0.29) is 16.7 Å². The predicted octanol–water partition coefficient (Wildman–Crippen LogP) is 3.45. The van der Waals surface area contributed by atoms with Crippen molar-refractivity contribution < 1.29 is 9.66 Å². The lowest BCUT2D eigenvalue weighted by atomic mass is 10.1. The van der Waals surface area contributed by atoms with E-state index in [4.69, 9.17) is 4.74 Å². The van der Waals surface area contributed by atoms with Crippen LogP contribution in [0.2, 0.25) is 0 Å². The molecule has 4 rings (SSSR count). The first kappa shape index (κ1) is 17.5. The Morgan fingerprint density at radius 1 is 1.19 bits per heavy atom. The lowest BCUT2D eigenvalue weighted by Gasteiger charge is -2.36. The predicted molar refractivity (Wildman–Crippen MR) is 103 cm³/mol. The van der Waals surface area contributed by atoms with Gasteiger partial charge < -0.3 is 9.64 Å². The molecular weight excluding hydrogens is 398 g/mol. The van der Waals surface area contributed by atoms with Crippen LogP contribution in [0.1, 0.15) is 5.56 Å². The Labute approximate surface area is 160 Å². The number of ether oxygens (including phenoxy) is 1. The molecule has 0 aromatic heterocycles. The zero-order valence-electron chi connectivity index (χ0n) is 14.3. The van der Waals surface area contributed by atoms with Crippen molar-refractivity contribution in [2.45, 2.75) is 18.7 Å². The summed E-state index contributed by atoms with van der Waals surface area (Å²) >= 11 is 3.49. The number of rotatable bonds is 4. The molecule has 2 aromatic carbocycles. The minimum Gasteiger partial charge on any atom is -0.373 e. The molecule has 2 fully saturated rings. The lowest BCUT2D eigenvalue weighted by molar-refractivity contribution is -0.384. The maximum Gasteiger partial charge on any atom is 0.270 e. The van der Waals surface area contributed by atoms with Gasteiger partial charge in [0.25, 0.3) is 5.69 Å². The number of nitro benzene ring substituents is 1. The summed E-state index contributed by atoms with van der Waals surface area (Å²) in [5.41, 5.74) is 2.38. The van der Waals surface area contributed by atoms with Crippen LogP contribution in [0.3, 0.4) is 0 Å². The van der Waals surface area contributed by atoms with Crippen molar-refractivity contribution in [1.29, 1.82) is 0 Å². The van der Waals surface area contributed by atoms with E-state index < -0.39 is 0 Å². The largest absolute Gasteiger partial charge is 0.373 e. The summed E-state index contributed by atoms with van der Waals surface area (Å²) < 4.78 is 6.77. The van der Waals surface area contributed by atoms with E-state index in [9.17, 15) is 10.1 Å². The zero-order valence-corrected chi connectivity index (χ0v) is 15.8. The van der Waals surface area contributed by atoms with E-state index in [2.05, 4.69) is 50.0 Å². The Morgan fingerprint density at radius 2 is 2.00 bits per heavy atom. The highest BCUT2D eigenvalue weighted by Gasteiger charge is 2.40. The minimum absolute atomic E-state index is 0.0965. The third kappa shape index (κ3) is 3.47. The van der Waals surface area contributed by atoms with Gasteiger partial charge in [-0.25, -0.2) is 0 Å². The molecule has 2 aliphatic heterocycles. The molecule has 0 amide bonds. The summed E-state index contributed by atoms with van der Waals surface area (Å²) in [5, 5.41) is 11.0. The normalized spacial score (nSPS) is 23.0. The van der Waals surface area contributed by atoms with E-state index >= 15 is 0 Å². The molecule has 0 spiro atoms. The Kier molecular flexibility index (Phi) is 4.93. The van der Waals surface area contributed by atoms with Crippen LogP contribution in [-0.4, -0.2) is 48.2 Å². The second-order valence-corrected chi connectivity index (χ2v) is 7.58. The van der Waals surface area contributed by atoms with Gasteiger partial charge in [0.2, 0.25) is 0 Å². The van der Waals surface area contributed by atoms with E-state index in [1.807, 2.05) is 12.1 Å². The molecule has 2 aromatic rings. The number of fused-ring (bicyclic) bond motifs is 1. The first-order valence-electron chi connectivity index (χ1n) is 8.70. The highest BCUT2D eigenvalue weighted by atomic mass is 79.9. The lowest BCUT2D eigenvalue weighted by Crippen LogP contribution is -2.50. The van der Waals surface area contributed by atoms with Gasteiger partial charge in [-0.05, 0) is 27.6 Å². The number of hydrogen-bond donors (Lipinski definition) is 0. The van der Waals surface area contributed by atoms with Crippen LogP contribution < -0.4 is 4.90 Å². The first-order chi connectivity index (χ1) is 12.6. The molecule has 0 N–H and O–H groups in total. The maximum atomic E-state index is 11.0. The molecule has 2 unspecified atom stereocenters. The van der Waals surface area contributed by atoms with Crippen LogP contribution >= 0.6 is 15.9 Å². The Hall–Kier alpha value is -1.96. The molecule has 0 radical (unpaired) electrons. The third-order valence-electron chi connectivity index (χ3n) is 5.13. The van der Waals surface area contributed by atoms with Gasteiger partial charge in [-0.3, -0.25) is 15.0 Å². The van der Waals surface area contributed by atoms with Gasteiger partial charge in [0.1, 0.15) is 0 Å². The van der Waals surface area contributed by atoms with Crippen LogP contribution in [-0.2, 0) is 11.3 Å². The standard InChI is InChI=1S/C19H20BrN3O3/c20-16-10-15(23(24)25)6-7-17(16)22-12-18-19(13-22)26-9-8-21(18)11-14-4-2-1-3-5-14/h1-7,10,18-19H,8-9,11-13H2. The van der Waals surface area contributed by atoms with Gasteiger partial charge in [-0.1, -0.05) is 30.3 Å². The van der Waals surface area contributed by atoms with E-state index in [1.54, 1.807) is 12.1 Å². The molecule has 0 aliphatic carbocycles. The molecule has 136 valence electrons. The van der Waals surface area contributed by atoms with Crippen molar-refractivity contribution in [2.24, 2.45) is 0 Å². The van der Waals surface area contributed by atoms with Crippen molar-refractivity contribution in [1.82, 2.24) is 4.90 Å². The maximum absolute atomic E-state index is 11.0. The second kappa shape index (κ2) is 7.34. The fourth-order valence-corrected chi connectivity index (χ4v) is 4.45. The van der Waals surface area contributed by atoms with Crippen molar-refractivity contribution in [3.05, 3.63) is 68.7 Å². The molecule has 26 heavy (non-hydrogen) atoms. The van der Waals surface area contributed by atoms with Crippen LogP contribution in [0, 0.1) is 10.1 Å². The van der Waals surface area contributed by atoms with Gasteiger partial charge in [-0.2, -0.15) is 0 Å². The topological polar surface area (TPSA) is 58.9 Å². The van der Waals surface area contributed by atoms with Crippen molar-refractivity contribution >= 4 is 27.3 Å². The number of non-ortho nitro benzene ring substituents is 1. The summed E-state index contributed by atoms with van der Waals surface area (Å²) in [6.07, 6.45) is 0.162. The summed E-state index contributed by atoms with van der Waals surface area (Å²) in [4.78, 5) is 15.3. The van der Waals surface area contributed by atoms with Crippen LogP contribution in [0.5, 0.6) is 0 Å². The quantitative estimate of drug-likeness (QED) is 0.563. The summed E-state index contributed by atoms with van der Waals surface area (Å²) in [5.74, 6) is 0. The number of nitro groups is 1. The van der Waals surface area contributed by atoms with Crippen molar-refractivity contribution in [3.8, 4) is 0 Å². The molecule has 0 bridgehead atoms. The van der Waals surface area contributed by atoms with Crippen LogP contribution in [0.15, 0.2) is 53.0 Å². The first-order valence-corrected chi connectivity index (χ1v) is 9.49. The molecule has 6 nitrogen and oxygen atoms in total. The van der Waals surface area contributed by atoms with Gasteiger partial charge in [0.05, 0.1) is 29.4 Å². The number of benzene rings is 2. The molecule has 2 atom stereocenters. The molecule has 2 heterocycles. The Bertz CT molecular complexity index is 802. The number of morpholine rings is 1. The van der Waals surface area contributed by atoms with E-state index in [0.717, 1.165) is 42.9 Å². The molecule has 2 saturated heterocycles. The fraction of sp³-hybridized carbons (Fsp3) is 0.368. The van der Waals surface area contributed by atoms with E-state index in [0.29, 0.717) is 6.04 Å². The molecular formula is C19H20BrN3O3. The third-order valence-corrected chi connectivity index (χ3v) is 5.76. The van der Waals surface area contributed by atoms with Gasteiger partial charge >= 0.3 is 0 Å². The number of halogens is 1. The smallest absolute Gasteiger partial charge is 0.270 e. The van der Waals surface area contributed by atoms with Crippen LogP contribution in [0.25, 0.3) is 0 Å². The molecule has 7 heteroatoms. The van der Waals surface area contributed by atoms with Crippen LogP contribution in [0.4, 0.5) is 11.4 Å². The minimum atomic E-state index is -0.372. The molecule has 0 saturated carbocycles. The summed E-state index contributed by atoms with van der Waals surface area (Å²) in [7, 11) is 0. The summed E-state index contributed by atoms with van der Waals surface area (Å²) in [6.45, 7) is 4.23. The van der Waals surface area contributed by atoms with Crippen molar-refractivity contribution in [3.63, 3.8) is 0 Å². The second-order valence-electron chi connectivity index (χ2n) is 6.73. The highest BCUT2D eigenvalue weighted by Crippen LogP contribution is 2.34. The highest BCUT2D eigenvalue weighted by molar-refractivity contribution is 9.10. The fourth-order valence-electron chi connectivity index (χ4n) is 3.84.